The highest BCUT2D eigenvalue weighted by atomic mass is 32.1. The Morgan fingerprint density at radius 3 is 2.00 bits per heavy atom. The van der Waals surface area contributed by atoms with Crippen molar-refractivity contribution in [2.75, 3.05) is 0 Å². The fourth-order valence-electron chi connectivity index (χ4n) is 0. The van der Waals surface area contributed by atoms with Gasteiger partial charge in [0.2, 0.25) is 0 Å². The van der Waals surface area contributed by atoms with Crippen LogP contribution in [0.15, 0.2) is 0 Å². The Kier molecular flexibility index (Phi) is 1.88. The molecule has 0 aliphatic heterocycles. The van der Waals surface area contributed by atoms with E-state index in [0.717, 1.165) is 0 Å². The van der Waals surface area contributed by atoms with Crippen molar-refractivity contribution >= 4 is 20.5 Å². The molecule has 2 heteroatoms. The van der Waals surface area contributed by atoms with Crippen LogP contribution in [0.5, 0.6) is 0 Å². The van der Waals surface area contributed by atoms with Gasteiger partial charge in [-0.1, -0.05) is 6.92 Å². The van der Waals surface area contributed by atoms with Crippen LogP contribution in [0.1, 0.15) is 6.92 Å². The van der Waals surface area contributed by atoms with Gasteiger partial charge in [0.25, 0.3) is 0 Å². The van der Waals surface area contributed by atoms with Crippen LogP contribution in [0.2, 0.25) is 0 Å². The first-order valence-corrected chi connectivity index (χ1v) is 1.93. The molecule has 0 saturated carbocycles. The molecule has 0 nitrogen and oxygen atoms in total. The molecule has 0 rings (SSSR count). The smallest absolute Gasteiger partial charge is 0.117 e. The van der Waals surface area contributed by atoms with Crippen molar-refractivity contribution in [3.8, 4) is 0 Å². The number of rotatable bonds is 0. The van der Waals surface area contributed by atoms with Gasteiger partial charge in [-0.3, -0.25) is 0 Å². The van der Waals surface area contributed by atoms with Crippen molar-refractivity contribution in [3.63, 3.8) is 0 Å². The molecule has 0 aromatic carbocycles. The van der Waals surface area contributed by atoms with E-state index in [1.807, 2.05) is 14.8 Å². The summed E-state index contributed by atoms with van der Waals surface area (Å²) >= 11 is 3.97. The second kappa shape index (κ2) is 1.71. The van der Waals surface area contributed by atoms with E-state index in [0.29, 0.717) is 5.15 Å². The van der Waals surface area contributed by atoms with Crippen LogP contribution in [0, 0.1) is 0 Å². The van der Waals surface area contributed by atoms with Crippen LogP contribution < -0.4 is 0 Å². The highest BCUT2D eigenvalue weighted by Gasteiger charge is 1.70. The average molecular weight is 74.0 g/mol. The zero-order valence-electron chi connectivity index (χ0n) is 3.02. The molecule has 0 N–H and O–H groups in total. The zero-order valence-corrected chi connectivity index (χ0v) is 3.92. The lowest BCUT2D eigenvalue weighted by Gasteiger charge is -1.77. The first-order chi connectivity index (χ1) is 1.73. The third-order valence-electron chi connectivity index (χ3n) is 0. The van der Waals surface area contributed by atoms with E-state index in [4.69, 9.17) is 0 Å². The second-order valence-electron chi connectivity index (χ2n) is 1.09. The summed E-state index contributed by atoms with van der Waals surface area (Å²) in [4.78, 5) is 0. The maximum Gasteiger partial charge on any atom is 0.117 e. The molecular formula is C2H7BS. The standard InChI is InChI=1S/C2H7BS/c1-2(3)4/h2,4H,3H2,1H3/t2-/m1/s1. The van der Waals surface area contributed by atoms with Crippen LogP contribution in [0.4, 0.5) is 0 Å². The summed E-state index contributed by atoms with van der Waals surface area (Å²) in [6.45, 7) is 2.03. The van der Waals surface area contributed by atoms with Gasteiger partial charge in [0.05, 0.1) is 0 Å². The second-order valence-corrected chi connectivity index (χ2v) is 2.13. The normalized spacial score (nSPS) is 15.5. The summed E-state index contributed by atoms with van der Waals surface area (Å²) < 4.78 is 0. The van der Waals surface area contributed by atoms with Gasteiger partial charge in [-0.05, 0) is 5.15 Å². The monoisotopic (exact) mass is 74.0 g/mol. The average Bonchev–Trinajstić information content (AvgIpc) is 0.811. The van der Waals surface area contributed by atoms with Crippen LogP contribution in [-0.2, 0) is 0 Å². The molecule has 24 valence electrons. The summed E-state index contributed by atoms with van der Waals surface area (Å²) in [6, 6.07) is 0. The Bertz CT molecular complexity index is 10.8. The minimum atomic E-state index is 0.528. The van der Waals surface area contributed by atoms with E-state index in [-0.39, 0.29) is 0 Å². The summed E-state index contributed by atoms with van der Waals surface area (Å²) in [5, 5.41) is 0.528. The Morgan fingerprint density at radius 2 is 2.00 bits per heavy atom. The SMILES string of the molecule is B[C@@H](C)S. The molecule has 0 aromatic heterocycles. The summed E-state index contributed by atoms with van der Waals surface area (Å²) in [7, 11) is 2.03. The highest BCUT2D eigenvalue weighted by Crippen LogP contribution is 1.77. The number of hydrogen-bond donors (Lipinski definition) is 1. The maximum atomic E-state index is 3.97. The van der Waals surface area contributed by atoms with Crippen molar-refractivity contribution < 1.29 is 0 Å². The quantitative estimate of drug-likeness (QED) is 0.301. The maximum absolute atomic E-state index is 3.97. The molecule has 0 aliphatic carbocycles. The van der Waals surface area contributed by atoms with Crippen molar-refractivity contribution in [3.05, 3.63) is 0 Å². The summed E-state index contributed by atoms with van der Waals surface area (Å²) in [5.74, 6) is 0. The molecular weight excluding hydrogens is 66.9 g/mol. The first-order valence-electron chi connectivity index (χ1n) is 1.41. The van der Waals surface area contributed by atoms with Gasteiger partial charge < -0.3 is 0 Å². The van der Waals surface area contributed by atoms with E-state index in [1.165, 1.54) is 0 Å². The predicted octanol–water partition coefficient (Wildman–Crippen LogP) is -0.105. The molecule has 0 radical (unpaired) electrons. The van der Waals surface area contributed by atoms with Gasteiger partial charge >= 0.3 is 0 Å². The van der Waals surface area contributed by atoms with Gasteiger partial charge in [0.1, 0.15) is 7.85 Å². The van der Waals surface area contributed by atoms with Crippen molar-refractivity contribution in [2.45, 2.75) is 12.1 Å². The largest absolute Gasteiger partial charge is 0.185 e. The lowest BCUT2D eigenvalue weighted by Crippen LogP contribution is -1.82. The number of thiol groups is 1. The lowest BCUT2D eigenvalue weighted by atomic mass is 10.1. The highest BCUT2D eigenvalue weighted by molar-refractivity contribution is 7.82. The van der Waals surface area contributed by atoms with E-state index in [1.54, 1.807) is 0 Å². The molecule has 0 saturated heterocycles. The van der Waals surface area contributed by atoms with E-state index in [2.05, 4.69) is 12.6 Å². The van der Waals surface area contributed by atoms with Crippen LogP contribution >= 0.6 is 12.6 Å². The predicted molar refractivity (Wildman–Crippen MR) is 27.0 cm³/mol. The van der Waals surface area contributed by atoms with Gasteiger partial charge in [0.15, 0.2) is 0 Å². The van der Waals surface area contributed by atoms with Gasteiger partial charge in [-0.2, -0.15) is 12.6 Å². The zero-order chi connectivity index (χ0) is 3.58. The Balaban J connectivity index is 2.32. The molecule has 0 bridgehead atoms. The topological polar surface area (TPSA) is 0 Å². The molecule has 0 heterocycles. The van der Waals surface area contributed by atoms with Crippen molar-refractivity contribution in [1.82, 2.24) is 0 Å². The lowest BCUT2D eigenvalue weighted by molar-refractivity contribution is 1.42. The molecule has 0 aromatic rings. The minimum absolute atomic E-state index is 0.528. The molecule has 0 unspecified atom stereocenters. The Morgan fingerprint density at radius 1 is 2.00 bits per heavy atom. The van der Waals surface area contributed by atoms with Crippen molar-refractivity contribution in [2.24, 2.45) is 0 Å². The summed E-state index contributed by atoms with van der Waals surface area (Å²) in [5.41, 5.74) is 0. The number of hydrogen-bond acceptors (Lipinski definition) is 1. The Labute approximate surface area is 33.4 Å². The van der Waals surface area contributed by atoms with E-state index >= 15 is 0 Å². The van der Waals surface area contributed by atoms with Gasteiger partial charge in [-0.15, -0.1) is 0 Å². The van der Waals surface area contributed by atoms with Crippen LogP contribution in [-0.4, -0.2) is 13.0 Å². The first kappa shape index (κ1) is 4.41. The molecule has 0 amide bonds. The molecule has 4 heavy (non-hydrogen) atoms. The van der Waals surface area contributed by atoms with E-state index < -0.39 is 0 Å². The third kappa shape index (κ3) is 28.1. The van der Waals surface area contributed by atoms with E-state index in [9.17, 15) is 0 Å². The van der Waals surface area contributed by atoms with Gasteiger partial charge in [0, 0.05) is 0 Å². The fraction of sp³-hybridized carbons (Fsp3) is 1.00. The molecule has 1 atom stereocenters. The van der Waals surface area contributed by atoms with Crippen molar-refractivity contribution in [1.29, 1.82) is 0 Å². The summed E-state index contributed by atoms with van der Waals surface area (Å²) in [6.07, 6.45) is 0. The Hall–Kier alpha value is 0.415. The van der Waals surface area contributed by atoms with Crippen LogP contribution in [0.3, 0.4) is 0 Å². The molecule has 0 fully saturated rings. The molecule has 0 aliphatic rings. The van der Waals surface area contributed by atoms with Crippen LogP contribution in [0.25, 0.3) is 0 Å². The fourth-order valence-corrected chi connectivity index (χ4v) is 0. The molecule has 0 spiro atoms. The minimum Gasteiger partial charge on any atom is -0.185 e. The van der Waals surface area contributed by atoms with Gasteiger partial charge in [-0.25, -0.2) is 0 Å². The third-order valence-corrected chi connectivity index (χ3v) is 0.